The Labute approximate surface area is 185 Å². The van der Waals surface area contributed by atoms with E-state index >= 15 is 0 Å². The predicted molar refractivity (Wildman–Crippen MR) is 117 cm³/mol. The van der Waals surface area contributed by atoms with Crippen LogP contribution in [0, 0.1) is 6.92 Å². The average Bonchev–Trinajstić information content (AvgIpc) is 2.77. The normalized spacial score (nSPS) is 10.5. The van der Waals surface area contributed by atoms with Gasteiger partial charge in [0.25, 0.3) is 5.91 Å². The smallest absolute Gasteiger partial charge is 0.331 e. The third-order valence-corrected chi connectivity index (χ3v) is 4.64. The van der Waals surface area contributed by atoms with Gasteiger partial charge in [0.1, 0.15) is 11.5 Å². The molecule has 0 unspecified atom stereocenters. The van der Waals surface area contributed by atoms with E-state index in [1.54, 1.807) is 31.2 Å². The average molecular weight is 450 g/mol. The van der Waals surface area contributed by atoms with Gasteiger partial charge in [0.2, 0.25) is 0 Å². The minimum Gasteiger partial charge on any atom is -0.496 e. The largest absolute Gasteiger partial charge is 0.496 e. The number of hydrogen-bond donors (Lipinski definition) is 1. The summed E-state index contributed by atoms with van der Waals surface area (Å²) in [5, 5.41) is 3.14. The molecule has 0 spiro atoms. The van der Waals surface area contributed by atoms with Crippen LogP contribution in [0.3, 0.4) is 0 Å². The first-order valence-corrected chi connectivity index (χ1v) is 9.49. The topological polar surface area (TPSA) is 92.3 Å². The Morgan fingerprint density at radius 1 is 0.903 bits per heavy atom. The van der Waals surface area contributed by atoms with Gasteiger partial charge in [-0.2, -0.15) is 0 Å². The van der Waals surface area contributed by atoms with Gasteiger partial charge in [0.15, 0.2) is 18.1 Å². The van der Waals surface area contributed by atoms with Gasteiger partial charge in [-0.3, -0.25) is 4.79 Å². The molecular formula is C22H24ClNO7. The molecule has 0 atom stereocenters. The van der Waals surface area contributed by atoms with Crippen molar-refractivity contribution in [1.82, 2.24) is 0 Å². The Balaban J connectivity index is 2.02. The van der Waals surface area contributed by atoms with Crippen LogP contribution >= 0.6 is 11.6 Å². The molecule has 0 saturated heterocycles. The number of esters is 1. The van der Waals surface area contributed by atoms with E-state index in [9.17, 15) is 9.59 Å². The van der Waals surface area contributed by atoms with Gasteiger partial charge in [-0.05, 0) is 30.7 Å². The van der Waals surface area contributed by atoms with Crippen LogP contribution in [0.4, 0.5) is 5.69 Å². The summed E-state index contributed by atoms with van der Waals surface area (Å²) in [7, 11) is 5.97. The number of nitrogens with one attached hydrogen (secondary N) is 1. The van der Waals surface area contributed by atoms with Crippen LogP contribution in [0.1, 0.15) is 11.1 Å². The number of carbonyl (C=O) groups excluding carboxylic acids is 2. The molecule has 2 aromatic rings. The van der Waals surface area contributed by atoms with Gasteiger partial charge in [-0.15, -0.1) is 0 Å². The highest BCUT2D eigenvalue weighted by molar-refractivity contribution is 6.31. The van der Waals surface area contributed by atoms with Crippen molar-refractivity contribution in [3.8, 4) is 23.0 Å². The molecule has 31 heavy (non-hydrogen) atoms. The highest BCUT2D eigenvalue weighted by Gasteiger charge is 2.13. The molecule has 0 bridgehead atoms. The molecule has 0 saturated carbocycles. The maximum Gasteiger partial charge on any atom is 0.331 e. The van der Waals surface area contributed by atoms with Gasteiger partial charge < -0.3 is 29.0 Å². The van der Waals surface area contributed by atoms with Crippen molar-refractivity contribution in [3.05, 3.63) is 46.5 Å². The predicted octanol–water partition coefficient (Wildman–Crippen LogP) is 3.88. The summed E-state index contributed by atoms with van der Waals surface area (Å²) >= 11 is 6.05. The van der Waals surface area contributed by atoms with Crippen molar-refractivity contribution in [2.24, 2.45) is 0 Å². The Morgan fingerprint density at radius 3 is 2.13 bits per heavy atom. The molecule has 1 amide bonds. The van der Waals surface area contributed by atoms with E-state index in [0.717, 1.165) is 5.56 Å². The van der Waals surface area contributed by atoms with E-state index < -0.39 is 18.5 Å². The first-order chi connectivity index (χ1) is 14.8. The van der Waals surface area contributed by atoms with Gasteiger partial charge in [0.05, 0.1) is 34.1 Å². The van der Waals surface area contributed by atoms with E-state index in [2.05, 4.69) is 5.32 Å². The Hall–Kier alpha value is -3.39. The third-order valence-electron chi connectivity index (χ3n) is 4.24. The summed E-state index contributed by atoms with van der Waals surface area (Å²) < 4.78 is 26.0. The molecular weight excluding hydrogens is 426 g/mol. The van der Waals surface area contributed by atoms with E-state index in [1.165, 1.54) is 40.6 Å². The molecule has 9 heteroatoms. The Bertz CT molecular complexity index is 988. The SMILES string of the molecule is COc1cc(OC)c(OC)cc1/C=C/C(=O)OCC(=O)Nc1cc(C)c(Cl)cc1OC. The molecule has 0 aromatic heterocycles. The lowest BCUT2D eigenvalue weighted by Crippen LogP contribution is -2.20. The number of aryl methyl sites for hydroxylation is 1. The zero-order valence-electron chi connectivity index (χ0n) is 17.9. The van der Waals surface area contributed by atoms with Gasteiger partial charge in [-0.25, -0.2) is 4.79 Å². The molecule has 0 aliphatic heterocycles. The van der Waals surface area contributed by atoms with Crippen LogP contribution < -0.4 is 24.3 Å². The van der Waals surface area contributed by atoms with Crippen LogP contribution in [-0.4, -0.2) is 46.9 Å². The second kappa shape index (κ2) is 11.1. The van der Waals surface area contributed by atoms with Crippen LogP contribution in [0.15, 0.2) is 30.3 Å². The number of ether oxygens (including phenoxy) is 5. The Morgan fingerprint density at radius 2 is 1.52 bits per heavy atom. The number of amides is 1. The lowest BCUT2D eigenvalue weighted by molar-refractivity contribution is -0.142. The zero-order valence-corrected chi connectivity index (χ0v) is 18.7. The van der Waals surface area contributed by atoms with Gasteiger partial charge >= 0.3 is 5.97 Å². The maximum absolute atomic E-state index is 12.2. The second-order valence-corrected chi connectivity index (χ2v) is 6.65. The number of anilines is 1. The van der Waals surface area contributed by atoms with Gasteiger partial charge in [0, 0.05) is 28.8 Å². The number of halogens is 1. The molecule has 2 rings (SSSR count). The van der Waals surface area contributed by atoms with Crippen molar-refractivity contribution in [1.29, 1.82) is 0 Å². The summed E-state index contributed by atoms with van der Waals surface area (Å²) in [6.07, 6.45) is 2.68. The van der Waals surface area contributed by atoms with Crippen molar-refractivity contribution in [2.45, 2.75) is 6.92 Å². The van der Waals surface area contributed by atoms with E-state index in [1.807, 2.05) is 0 Å². The molecule has 1 N–H and O–H groups in total. The van der Waals surface area contributed by atoms with Crippen LogP contribution in [0.2, 0.25) is 5.02 Å². The summed E-state index contributed by atoms with van der Waals surface area (Å²) in [5.74, 6) is 0.614. The summed E-state index contributed by atoms with van der Waals surface area (Å²) in [6, 6.07) is 6.56. The Kier molecular flexibility index (Phi) is 8.57. The van der Waals surface area contributed by atoms with Crippen molar-refractivity contribution in [3.63, 3.8) is 0 Å². The van der Waals surface area contributed by atoms with Gasteiger partial charge in [-0.1, -0.05) is 11.6 Å². The van der Waals surface area contributed by atoms with E-state index in [-0.39, 0.29) is 0 Å². The molecule has 0 heterocycles. The molecule has 2 aromatic carbocycles. The number of rotatable bonds is 9. The molecule has 8 nitrogen and oxygen atoms in total. The fourth-order valence-corrected chi connectivity index (χ4v) is 2.80. The second-order valence-electron chi connectivity index (χ2n) is 6.24. The van der Waals surface area contributed by atoms with Crippen molar-refractivity contribution in [2.75, 3.05) is 40.4 Å². The zero-order chi connectivity index (χ0) is 23.0. The highest BCUT2D eigenvalue weighted by Crippen LogP contribution is 2.35. The van der Waals surface area contributed by atoms with Crippen LogP contribution in [0.25, 0.3) is 6.08 Å². The fourth-order valence-electron chi connectivity index (χ4n) is 2.64. The number of hydrogen-bond acceptors (Lipinski definition) is 7. The summed E-state index contributed by atoms with van der Waals surface area (Å²) in [6.45, 7) is 1.32. The van der Waals surface area contributed by atoms with E-state index in [4.69, 9.17) is 35.3 Å². The fraction of sp³-hybridized carbons (Fsp3) is 0.273. The number of carbonyl (C=O) groups is 2. The van der Waals surface area contributed by atoms with Crippen molar-refractivity contribution < 1.29 is 33.3 Å². The number of methoxy groups -OCH3 is 4. The molecule has 0 fully saturated rings. The quantitative estimate of drug-likeness (QED) is 0.458. The van der Waals surface area contributed by atoms with Crippen LogP contribution in [-0.2, 0) is 14.3 Å². The van der Waals surface area contributed by atoms with E-state index in [0.29, 0.717) is 39.3 Å². The maximum atomic E-state index is 12.2. The lowest BCUT2D eigenvalue weighted by Gasteiger charge is -2.12. The molecule has 0 aliphatic rings. The molecule has 0 radical (unpaired) electrons. The van der Waals surface area contributed by atoms with Crippen molar-refractivity contribution >= 4 is 35.2 Å². The first-order valence-electron chi connectivity index (χ1n) is 9.11. The standard InChI is InChI=1S/C22H24ClNO7/c1-13-8-16(18(28-3)10-15(13)23)24-21(25)12-31-22(26)7-6-14-9-19(29-4)20(30-5)11-17(14)27-2/h6-11H,12H2,1-5H3,(H,24,25)/b7-6+. The first kappa shape index (κ1) is 23.9. The minimum atomic E-state index is -0.703. The summed E-state index contributed by atoms with van der Waals surface area (Å²) in [4.78, 5) is 24.2. The molecule has 0 aliphatic carbocycles. The minimum absolute atomic E-state index is 0.399. The monoisotopic (exact) mass is 449 g/mol. The number of benzene rings is 2. The van der Waals surface area contributed by atoms with Crippen LogP contribution in [0.5, 0.6) is 23.0 Å². The third kappa shape index (κ3) is 6.29. The lowest BCUT2D eigenvalue weighted by atomic mass is 10.1. The highest BCUT2D eigenvalue weighted by atomic mass is 35.5. The molecule has 166 valence electrons. The summed E-state index contributed by atoms with van der Waals surface area (Å²) in [5.41, 5.74) is 1.76.